The molecule has 2 heterocycles. The van der Waals surface area contributed by atoms with Gasteiger partial charge in [-0.25, -0.2) is 0 Å². The molecule has 2 unspecified atom stereocenters. The normalized spacial score (nSPS) is 24.5. The molecule has 0 amide bonds. The first-order valence-corrected chi connectivity index (χ1v) is 6.22. The van der Waals surface area contributed by atoms with Gasteiger partial charge in [0.1, 0.15) is 0 Å². The molecule has 1 aliphatic rings. The van der Waals surface area contributed by atoms with E-state index in [-0.39, 0.29) is 0 Å². The maximum absolute atomic E-state index is 5.86. The second kappa shape index (κ2) is 4.08. The van der Waals surface area contributed by atoms with Crippen molar-refractivity contribution in [3.63, 3.8) is 0 Å². The molecule has 0 radical (unpaired) electrons. The van der Waals surface area contributed by atoms with E-state index in [1.807, 2.05) is 12.1 Å². The molecule has 2 atom stereocenters. The fraction of sp³-hybridized carbons (Fsp3) is 0.429. The number of nitrogens with zero attached hydrogens (tertiary/aromatic N) is 1. The molecule has 1 saturated heterocycles. The lowest BCUT2D eigenvalue weighted by molar-refractivity contribution is 0.0465. The zero-order valence-electron chi connectivity index (χ0n) is 10.1. The van der Waals surface area contributed by atoms with Crippen molar-refractivity contribution >= 4 is 16.6 Å². The molecule has 1 aliphatic heterocycles. The number of ether oxygens (including phenoxy) is 1. The highest BCUT2D eigenvalue weighted by molar-refractivity contribution is 5.83. The number of hydrogen-bond donors (Lipinski definition) is 1. The Hall–Kier alpha value is -1.48. The van der Waals surface area contributed by atoms with E-state index in [4.69, 9.17) is 10.5 Å². The van der Waals surface area contributed by atoms with Gasteiger partial charge in [-0.3, -0.25) is 0 Å². The van der Waals surface area contributed by atoms with Crippen LogP contribution in [0, 0.1) is 0 Å². The van der Waals surface area contributed by atoms with Crippen molar-refractivity contribution in [3.8, 4) is 0 Å². The zero-order valence-corrected chi connectivity index (χ0v) is 10.1. The molecule has 1 fully saturated rings. The van der Waals surface area contributed by atoms with E-state index in [1.54, 1.807) is 0 Å². The average Bonchev–Trinajstić information content (AvgIpc) is 2.86. The van der Waals surface area contributed by atoms with Gasteiger partial charge in [0.2, 0.25) is 0 Å². The van der Waals surface area contributed by atoms with Gasteiger partial charge in [0, 0.05) is 29.3 Å². The van der Waals surface area contributed by atoms with Gasteiger partial charge in [0.15, 0.2) is 0 Å². The van der Waals surface area contributed by atoms with Crippen LogP contribution in [0.4, 0.5) is 5.69 Å². The Morgan fingerprint density at radius 3 is 3.00 bits per heavy atom. The maximum atomic E-state index is 5.86. The van der Waals surface area contributed by atoms with Crippen LogP contribution in [-0.4, -0.2) is 16.8 Å². The third-order valence-electron chi connectivity index (χ3n) is 3.52. The van der Waals surface area contributed by atoms with Crippen LogP contribution >= 0.6 is 0 Å². The fourth-order valence-electron chi connectivity index (χ4n) is 2.62. The SMILES string of the molecule is CC1CCC(Cn2ccc3cc(N)ccc32)O1. The average molecular weight is 230 g/mol. The summed E-state index contributed by atoms with van der Waals surface area (Å²) in [5.74, 6) is 0. The van der Waals surface area contributed by atoms with Gasteiger partial charge < -0.3 is 15.0 Å². The van der Waals surface area contributed by atoms with Crippen LogP contribution in [0.15, 0.2) is 30.5 Å². The van der Waals surface area contributed by atoms with Gasteiger partial charge >= 0.3 is 0 Å². The highest BCUT2D eigenvalue weighted by atomic mass is 16.5. The van der Waals surface area contributed by atoms with E-state index in [2.05, 4.69) is 29.8 Å². The summed E-state index contributed by atoms with van der Waals surface area (Å²) in [6.45, 7) is 3.09. The second-order valence-electron chi connectivity index (χ2n) is 4.93. The van der Waals surface area contributed by atoms with Gasteiger partial charge in [0.05, 0.1) is 12.2 Å². The molecule has 3 rings (SSSR count). The molecule has 1 aromatic carbocycles. The summed E-state index contributed by atoms with van der Waals surface area (Å²) in [6, 6.07) is 8.17. The van der Waals surface area contributed by atoms with Gasteiger partial charge in [-0.1, -0.05) is 0 Å². The molecule has 3 nitrogen and oxygen atoms in total. The van der Waals surface area contributed by atoms with Crippen molar-refractivity contribution in [1.29, 1.82) is 0 Å². The van der Waals surface area contributed by atoms with Crippen LogP contribution in [0.1, 0.15) is 19.8 Å². The molecule has 0 saturated carbocycles. The quantitative estimate of drug-likeness (QED) is 0.806. The van der Waals surface area contributed by atoms with Gasteiger partial charge in [-0.2, -0.15) is 0 Å². The first-order chi connectivity index (χ1) is 8.22. The summed E-state index contributed by atoms with van der Waals surface area (Å²) in [6.07, 6.45) is 5.24. The molecule has 0 aliphatic carbocycles. The van der Waals surface area contributed by atoms with Crippen molar-refractivity contribution in [3.05, 3.63) is 30.5 Å². The van der Waals surface area contributed by atoms with Crippen LogP contribution in [0.5, 0.6) is 0 Å². The van der Waals surface area contributed by atoms with Crippen molar-refractivity contribution in [2.45, 2.75) is 38.5 Å². The summed E-state index contributed by atoms with van der Waals surface area (Å²) in [5.41, 5.74) is 7.84. The van der Waals surface area contributed by atoms with E-state index in [0.717, 1.165) is 18.7 Å². The van der Waals surface area contributed by atoms with Crippen molar-refractivity contribution in [1.82, 2.24) is 4.57 Å². The van der Waals surface area contributed by atoms with Crippen LogP contribution in [0.3, 0.4) is 0 Å². The molecule has 2 N–H and O–H groups in total. The Morgan fingerprint density at radius 1 is 1.35 bits per heavy atom. The first-order valence-electron chi connectivity index (χ1n) is 6.22. The Kier molecular flexibility index (Phi) is 2.56. The number of nitrogen functional groups attached to an aromatic ring is 1. The molecular weight excluding hydrogens is 212 g/mol. The topological polar surface area (TPSA) is 40.2 Å². The largest absolute Gasteiger partial charge is 0.399 e. The third kappa shape index (κ3) is 2.03. The van der Waals surface area contributed by atoms with E-state index in [0.29, 0.717) is 12.2 Å². The molecule has 17 heavy (non-hydrogen) atoms. The van der Waals surface area contributed by atoms with Gasteiger partial charge in [-0.15, -0.1) is 0 Å². The van der Waals surface area contributed by atoms with Crippen molar-refractivity contribution in [2.75, 3.05) is 5.73 Å². The van der Waals surface area contributed by atoms with Crippen LogP contribution in [0.2, 0.25) is 0 Å². The minimum Gasteiger partial charge on any atom is -0.399 e. The second-order valence-corrected chi connectivity index (χ2v) is 4.93. The Labute approximate surface area is 101 Å². The van der Waals surface area contributed by atoms with Crippen LogP contribution in [0.25, 0.3) is 10.9 Å². The number of aromatic nitrogens is 1. The molecule has 0 spiro atoms. The Morgan fingerprint density at radius 2 is 2.24 bits per heavy atom. The minimum absolute atomic E-state index is 0.359. The molecule has 2 aromatic rings. The van der Waals surface area contributed by atoms with Crippen molar-refractivity contribution in [2.24, 2.45) is 0 Å². The number of fused-ring (bicyclic) bond motifs is 1. The zero-order chi connectivity index (χ0) is 11.8. The molecular formula is C14H18N2O. The molecule has 1 aromatic heterocycles. The molecule has 3 heteroatoms. The minimum atomic E-state index is 0.359. The van der Waals surface area contributed by atoms with E-state index in [9.17, 15) is 0 Å². The number of nitrogens with two attached hydrogens (primary N) is 1. The number of rotatable bonds is 2. The van der Waals surface area contributed by atoms with Gasteiger partial charge in [0.25, 0.3) is 0 Å². The van der Waals surface area contributed by atoms with Crippen molar-refractivity contribution < 1.29 is 4.74 Å². The summed E-state index contributed by atoms with van der Waals surface area (Å²) in [5, 5.41) is 1.20. The van der Waals surface area contributed by atoms with E-state index in [1.165, 1.54) is 17.3 Å². The third-order valence-corrected chi connectivity index (χ3v) is 3.52. The Balaban J connectivity index is 1.85. The lowest BCUT2D eigenvalue weighted by Gasteiger charge is -2.13. The van der Waals surface area contributed by atoms with E-state index < -0.39 is 0 Å². The molecule has 90 valence electrons. The number of hydrogen-bond acceptors (Lipinski definition) is 2. The Bertz CT molecular complexity index is 532. The predicted octanol–water partition coefficient (Wildman–Crippen LogP) is 2.79. The van der Waals surface area contributed by atoms with Crippen LogP contribution < -0.4 is 5.73 Å². The predicted molar refractivity (Wildman–Crippen MR) is 69.9 cm³/mol. The maximum Gasteiger partial charge on any atom is 0.0758 e. The van der Waals surface area contributed by atoms with E-state index >= 15 is 0 Å². The highest BCUT2D eigenvalue weighted by Gasteiger charge is 2.22. The summed E-state index contributed by atoms with van der Waals surface area (Å²) >= 11 is 0. The van der Waals surface area contributed by atoms with Crippen LogP contribution in [-0.2, 0) is 11.3 Å². The van der Waals surface area contributed by atoms with Gasteiger partial charge in [-0.05, 0) is 44.0 Å². The summed E-state index contributed by atoms with van der Waals surface area (Å²) < 4.78 is 8.12. The number of benzene rings is 1. The lowest BCUT2D eigenvalue weighted by atomic mass is 10.2. The fourth-order valence-corrected chi connectivity index (χ4v) is 2.62. The first kappa shape index (κ1) is 10.7. The summed E-state index contributed by atoms with van der Waals surface area (Å²) in [7, 11) is 0. The molecule has 0 bridgehead atoms. The number of anilines is 1. The highest BCUT2D eigenvalue weighted by Crippen LogP contribution is 2.24. The lowest BCUT2D eigenvalue weighted by Crippen LogP contribution is -2.15. The smallest absolute Gasteiger partial charge is 0.0758 e. The standard InChI is InChI=1S/C14H18N2O/c1-10-2-4-13(17-10)9-16-7-6-11-8-12(15)3-5-14(11)16/h3,5-8,10,13H,2,4,9,15H2,1H3. The monoisotopic (exact) mass is 230 g/mol. The summed E-state index contributed by atoms with van der Waals surface area (Å²) in [4.78, 5) is 0.